The van der Waals surface area contributed by atoms with Crippen molar-refractivity contribution in [2.24, 2.45) is 0 Å². The molecule has 0 atom stereocenters. The van der Waals surface area contributed by atoms with Crippen LogP contribution in [0.25, 0.3) is 5.52 Å². The van der Waals surface area contributed by atoms with Gasteiger partial charge in [-0.3, -0.25) is 0 Å². The van der Waals surface area contributed by atoms with Gasteiger partial charge in [0.2, 0.25) is 0 Å². The average molecular weight is 161 g/mol. The van der Waals surface area contributed by atoms with Gasteiger partial charge in [-0.05, 0) is 24.1 Å². The van der Waals surface area contributed by atoms with Crippen molar-refractivity contribution in [2.75, 3.05) is 5.73 Å². The van der Waals surface area contributed by atoms with Gasteiger partial charge < -0.3 is 5.73 Å². The maximum absolute atomic E-state index is 5.65. The summed E-state index contributed by atoms with van der Waals surface area (Å²) < 4.78 is 1.81. The average Bonchev–Trinajstić information content (AvgIpc) is 2.44. The van der Waals surface area contributed by atoms with E-state index in [-0.39, 0.29) is 0 Å². The van der Waals surface area contributed by atoms with Gasteiger partial charge in [0.25, 0.3) is 0 Å². The van der Waals surface area contributed by atoms with Gasteiger partial charge >= 0.3 is 0 Å². The number of hydrogen-bond donors (Lipinski definition) is 1. The number of nitrogens with zero attached hydrogens (tertiary/aromatic N) is 2. The summed E-state index contributed by atoms with van der Waals surface area (Å²) in [7, 11) is 0. The molecule has 0 aliphatic carbocycles. The highest BCUT2D eigenvalue weighted by Gasteiger charge is 2.00. The Balaban J connectivity index is 2.78. The molecule has 2 heterocycles. The normalized spacial score (nSPS) is 10.8. The van der Waals surface area contributed by atoms with Gasteiger partial charge in [-0.2, -0.15) is 5.10 Å². The zero-order valence-corrected chi connectivity index (χ0v) is 6.99. The number of hydrogen-bond acceptors (Lipinski definition) is 2. The molecule has 2 N–H and O–H groups in total. The first-order chi connectivity index (χ1) is 5.81. The van der Waals surface area contributed by atoms with Crippen LogP contribution in [0.4, 0.5) is 5.69 Å². The molecule has 2 aromatic rings. The van der Waals surface area contributed by atoms with Crippen molar-refractivity contribution in [1.82, 2.24) is 9.61 Å². The van der Waals surface area contributed by atoms with E-state index in [4.69, 9.17) is 5.73 Å². The van der Waals surface area contributed by atoms with Crippen LogP contribution in [0.5, 0.6) is 0 Å². The number of aromatic nitrogens is 2. The van der Waals surface area contributed by atoms with Crippen molar-refractivity contribution >= 4 is 11.2 Å². The minimum absolute atomic E-state index is 0.767. The summed E-state index contributed by atoms with van der Waals surface area (Å²) in [4.78, 5) is 0. The van der Waals surface area contributed by atoms with E-state index in [0.29, 0.717) is 0 Å². The molecule has 0 aliphatic rings. The zero-order chi connectivity index (χ0) is 8.55. The predicted octanol–water partition coefficient (Wildman–Crippen LogP) is 1.48. The maximum atomic E-state index is 5.65. The van der Waals surface area contributed by atoms with Crippen LogP contribution in [0.1, 0.15) is 12.5 Å². The minimum atomic E-state index is 0.767. The van der Waals surface area contributed by atoms with Crippen molar-refractivity contribution in [3.05, 3.63) is 30.1 Å². The first kappa shape index (κ1) is 7.16. The van der Waals surface area contributed by atoms with Gasteiger partial charge in [0, 0.05) is 6.20 Å². The van der Waals surface area contributed by atoms with Crippen molar-refractivity contribution < 1.29 is 0 Å². The van der Waals surface area contributed by atoms with E-state index in [1.165, 1.54) is 5.56 Å². The highest BCUT2D eigenvalue weighted by atomic mass is 15.2. The van der Waals surface area contributed by atoms with Crippen molar-refractivity contribution in [1.29, 1.82) is 0 Å². The highest BCUT2D eigenvalue weighted by molar-refractivity contribution is 5.62. The fourth-order valence-electron chi connectivity index (χ4n) is 1.39. The maximum Gasteiger partial charge on any atom is 0.0699 e. The van der Waals surface area contributed by atoms with Crippen LogP contribution in [0.15, 0.2) is 24.5 Å². The number of nitrogen functional groups attached to an aromatic ring is 1. The lowest BCUT2D eigenvalue weighted by Gasteiger charge is -1.98. The molecular weight excluding hydrogens is 150 g/mol. The molecule has 12 heavy (non-hydrogen) atoms. The lowest BCUT2D eigenvalue weighted by atomic mass is 10.2. The Morgan fingerprint density at radius 2 is 2.42 bits per heavy atom. The van der Waals surface area contributed by atoms with Gasteiger partial charge in [0.05, 0.1) is 17.4 Å². The predicted molar refractivity (Wildman–Crippen MR) is 49.0 cm³/mol. The minimum Gasteiger partial charge on any atom is -0.397 e. The third-order valence-electron chi connectivity index (χ3n) is 2.00. The summed E-state index contributed by atoms with van der Waals surface area (Å²) in [6, 6.07) is 3.97. The zero-order valence-electron chi connectivity index (χ0n) is 6.99. The van der Waals surface area contributed by atoms with Gasteiger partial charge in [-0.15, -0.1) is 0 Å². The van der Waals surface area contributed by atoms with Crippen LogP contribution < -0.4 is 5.73 Å². The lowest BCUT2D eigenvalue weighted by molar-refractivity contribution is 0.923. The van der Waals surface area contributed by atoms with E-state index in [1.54, 1.807) is 6.20 Å². The summed E-state index contributed by atoms with van der Waals surface area (Å²) in [5.41, 5.74) is 8.81. The molecule has 0 unspecified atom stereocenters. The second kappa shape index (κ2) is 2.52. The van der Waals surface area contributed by atoms with Crippen LogP contribution in [-0.2, 0) is 6.42 Å². The van der Waals surface area contributed by atoms with E-state index in [0.717, 1.165) is 17.6 Å². The molecule has 0 saturated carbocycles. The van der Waals surface area contributed by atoms with Crippen LogP contribution in [0.2, 0.25) is 0 Å². The summed E-state index contributed by atoms with van der Waals surface area (Å²) >= 11 is 0. The molecule has 0 spiro atoms. The molecule has 3 nitrogen and oxygen atoms in total. The number of fused-ring (bicyclic) bond motifs is 1. The van der Waals surface area contributed by atoms with E-state index < -0.39 is 0 Å². The summed E-state index contributed by atoms with van der Waals surface area (Å²) in [6.45, 7) is 2.12. The van der Waals surface area contributed by atoms with Gasteiger partial charge in [-0.1, -0.05) is 6.92 Å². The standard InChI is InChI=1S/C9H11N3/c1-2-7-3-4-11-12-6-8(10)5-9(7)12/h3-6H,2,10H2,1H3. The molecular formula is C9H11N3. The fourth-order valence-corrected chi connectivity index (χ4v) is 1.39. The fraction of sp³-hybridized carbons (Fsp3) is 0.222. The van der Waals surface area contributed by atoms with E-state index in [9.17, 15) is 0 Å². The topological polar surface area (TPSA) is 43.3 Å². The highest BCUT2D eigenvalue weighted by Crippen LogP contribution is 2.14. The third-order valence-corrected chi connectivity index (χ3v) is 2.00. The Morgan fingerprint density at radius 3 is 3.17 bits per heavy atom. The number of aryl methyl sites for hydroxylation is 1. The van der Waals surface area contributed by atoms with E-state index in [1.807, 2.05) is 22.8 Å². The van der Waals surface area contributed by atoms with Crippen molar-refractivity contribution in [3.8, 4) is 0 Å². The summed E-state index contributed by atoms with van der Waals surface area (Å²) in [5, 5.41) is 4.15. The monoisotopic (exact) mass is 161 g/mol. The smallest absolute Gasteiger partial charge is 0.0699 e. The van der Waals surface area contributed by atoms with Crippen LogP contribution in [0.3, 0.4) is 0 Å². The molecule has 2 rings (SSSR count). The number of anilines is 1. The Kier molecular flexibility index (Phi) is 1.50. The molecule has 0 aromatic carbocycles. The van der Waals surface area contributed by atoms with Gasteiger partial charge in [0.15, 0.2) is 0 Å². The number of nitrogens with two attached hydrogens (primary N) is 1. The molecule has 0 bridgehead atoms. The molecule has 62 valence electrons. The van der Waals surface area contributed by atoms with Crippen LogP contribution >= 0.6 is 0 Å². The Hall–Kier alpha value is -1.51. The molecule has 0 saturated heterocycles. The van der Waals surface area contributed by atoms with Crippen LogP contribution in [-0.4, -0.2) is 9.61 Å². The van der Waals surface area contributed by atoms with Gasteiger partial charge in [0.1, 0.15) is 0 Å². The largest absolute Gasteiger partial charge is 0.397 e. The summed E-state index contributed by atoms with van der Waals surface area (Å²) in [5.74, 6) is 0. The first-order valence-electron chi connectivity index (χ1n) is 4.03. The second-order valence-corrected chi connectivity index (χ2v) is 2.81. The van der Waals surface area contributed by atoms with Crippen molar-refractivity contribution in [2.45, 2.75) is 13.3 Å². The van der Waals surface area contributed by atoms with E-state index >= 15 is 0 Å². The Morgan fingerprint density at radius 1 is 1.58 bits per heavy atom. The molecule has 0 radical (unpaired) electrons. The molecule has 0 aliphatic heterocycles. The molecule has 0 amide bonds. The van der Waals surface area contributed by atoms with Gasteiger partial charge in [-0.25, -0.2) is 4.52 Å². The number of rotatable bonds is 1. The lowest BCUT2D eigenvalue weighted by Crippen LogP contribution is -1.91. The quantitative estimate of drug-likeness (QED) is 0.688. The Bertz CT molecular complexity index is 403. The molecule has 0 fully saturated rings. The summed E-state index contributed by atoms with van der Waals surface area (Å²) in [6.07, 6.45) is 4.63. The van der Waals surface area contributed by atoms with E-state index in [2.05, 4.69) is 12.0 Å². The Labute approximate surface area is 70.8 Å². The van der Waals surface area contributed by atoms with Crippen LogP contribution in [0, 0.1) is 0 Å². The molecule has 3 heteroatoms. The second-order valence-electron chi connectivity index (χ2n) is 2.81. The third kappa shape index (κ3) is 0.942. The SMILES string of the molecule is CCc1ccnn2cc(N)cc12. The molecule has 2 aromatic heterocycles. The first-order valence-corrected chi connectivity index (χ1v) is 4.03. The van der Waals surface area contributed by atoms with Crippen molar-refractivity contribution in [3.63, 3.8) is 0 Å².